The van der Waals surface area contributed by atoms with Crippen molar-refractivity contribution in [2.24, 2.45) is 0 Å². The summed E-state index contributed by atoms with van der Waals surface area (Å²) >= 11 is 6.42. The number of amides is 1. The Labute approximate surface area is 246 Å². The van der Waals surface area contributed by atoms with Gasteiger partial charge in [0.1, 0.15) is 17.4 Å². The number of sulfone groups is 1. The molecule has 1 saturated carbocycles. The maximum absolute atomic E-state index is 13.8. The monoisotopic (exact) mass is 635 g/mol. The molecule has 2 aliphatic rings. The van der Waals surface area contributed by atoms with Crippen molar-refractivity contribution in [2.45, 2.75) is 37.6 Å². The Morgan fingerprint density at radius 3 is 2.55 bits per heavy atom. The number of ether oxygens (including phenoxy) is 2. The van der Waals surface area contributed by atoms with E-state index in [1.807, 2.05) is 7.05 Å². The third kappa shape index (κ3) is 8.34. The number of methoxy groups -OCH3 is 1. The summed E-state index contributed by atoms with van der Waals surface area (Å²) < 4.78 is 75.7. The van der Waals surface area contributed by atoms with Gasteiger partial charge in [-0.25, -0.2) is 18.4 Å². The van der Waals surface area contributed by atoms with E-state index in [2.05, 4.69) is 30.9 Å². The molecule has 1 aromatic carbocycles. The number of hydrogen-bond donors (Lipinski definition) is 3. The van der Waals surface area contributed by atoms with E-state index < -0.39 is 45.5 Å². The van der Waals surface area contributed by atoms with Gasteiger partial charge in [0.15, 0.2) is 9.84 Å². The van der Waals surface area contributed by atoms with E-state index in [-0.39, 0.29) is 33.8 Å². The minimum atomic E-state index is -4.80. The van der Waals surface area contributed by atoms with Crippen molar-refractivity contribution in [2.75, 3.05) is 57.8 Å². The molecule has 2 fully saturated rings. The van der Waals surface area contributed by atoms with Gasteiger partial charge in [-0.3, -0.25) is 15.5 Å². The number of hydrazine groups is 1. The van der Waals surface area contributed by atoms with Crippen LogP contribution in [0.5, 0.6) is 11.6 Å². The average molecular weight is 636 g/mol. The van der Waals surface area contributed by atoms with Crippen molar-refractivity contribution in [3.63, 3.8) is 0 Å². The zero-order valence-electron chi connectivity index (χ0n) is 23.3. The first-order valence-electron chi connectivity index (χ1n) is 13.1. The van der Waals surface area contributed by atoms with Crippen LogP contribution in [0.4, 0.5) is 24.8 Å². The van der Waals surface area contributed by atoms with E-state index in [0.717, 1.165) is 19.3 Å². The van der Waals surface area contributed by atoms with Crippen molar-refractivity contribution >= 4 is 39.0 Å². The number of anilines is 2. The zero-order chi connectivity index (χ0) is 30.7. The van der Waals surface area contributed by atoms with E-state index in [4.69, 9.17) is 21.1 Å². The van der Waals surface area contributed by atoms with Gasteiger partial charge in [-0.15, -0.1) is 0 Å². The predicted molar refractivity (Wildman–Crippen MR) is 150 cm³/mol. The molecule has 17 heteroatoms. The maximum Gasteiger partial charge on any atom is 0.423 e. The van der Waals surface area contributed by atoms with Crippen LogP contribution in [0.15, 0.2) is 18.3 Å². The number of nitrogens with zero attached hydrogens (tertiary/aromatic N) is 4. The summed E-state index contributed by atoms with van der Waals surface area (Å²) in [5, 5.41) is 7.50. The molecule has 0 bridgehead atoms. The van der Waals surface area contributed by atoms with Gasteiger partial charge >= 0.3 is 6.18 Å². The van der Waals surface area contributed by atoms with E-state index >= 15 is 0 Å². The van der Waals surface area contributed by atoms with Gasteiger partial charge in [0, 0.05) is 44.7 Å². The number of hydrogen-bond acceptors (Lipinski definition) is 11. The Kier molecular flexibility index (Phi) is 10.0. The molecule has 2 atom stereocenters. The minimum Gasteiger partial charge on any atom is -0.495 e. The lowest BCUT2D eigenvalue weighted by Gasteiger charge is -2.32. The number of alkyl halides is 3. The average Bonchev–Trinajstić information content (AvgIpc) is 3.35. The Morgan fingerprint density at radius 1 is 1.19 bits per heavy atom. The Bertz CT molecular complexity index is 1390. The van der Waals surface area contributed by atoms with Crippen molar-refractivity contribution in [1.29, 1.82) is 0 Å². The number of nitrogens with one attached hydrogen (secondary N) is 3. The van der Waals surface area contributed by atoms with Gasteiger partial charge in [-0.05, 0) is 38.4 Å². The van der Waals surface area contributed by atoms with E-state index in [1.165, 1.54) is 19.2 Å². The molecule has 1 aliphatic carbocycles. The SMILES string of the molecule is COc1cc(C(=O)NN2CCN(C)CC2)c(Cl)cc1Nc1ncc(C(F)(F)F)c(O[C@@H]2CCC[C@H]2NCS(C)(=O)=O)n1. The third-order valence-electron chi connectivity index (χ3n) is 6.93. The molecule has 1 amide bonds. The van der Waals surface area contributed by atoms with Crippen LogP contribution in [0.1, 0.15) is 35.2 Å². The smallest absolute Gasteiger partial charge is 0.423 e. The van der Waals surface area contributed by atoms with Gasteiger partial charge in [-0.1, -0.05) is 11.6 Å². The molecule has 3 N–H and O–H groups in total. The number of benzene rings is 1. The first-order valence-corrected chi connectivity index (χ1v) is 15.6. The molecule has 232 valence electrons. The molecule has 2 aromatic rings. The van der Waals surface area contributed by atoms with Crippen LogP contribution < -0.4 is 25.5 Å². The molecule has 0 unspecified atom stereocenters. The number of rotatable bonds is 10. The highest BCUT2D eigenvalue weighted by molar-refractivity contribution is 7.90. The van der Waals surface area contributed by atoms with Crippen LogP contribution in [0.3, 0.4) is 0 Å². The lowest BCUT2D eigenvalue weighted by atomic mass is 10.1. The van der Waals surface area contributed by atoms with Gasteiger partial charge < -0.3 is 19.7 Å². The molecule has 2 heterocycles. The summed E-state index contributed by atoms with van der Waals surface area (Å²) in [6.45, 7) is 2.86. The lowest BCUT2D eigenvalue weighted by molar-refractivity contribution is -0.140. The van der Waals surface area contributed by atoms with Crippen LogP contribution in [0.2, 0.25) is 5.02 Å². The van der Waals surface area contributed by atoms with Crippen LogP contribution in [0.25, 0.3) is 0 Å². The molecule has 4 rings (SSSR count). The maximum atomic E-state index is 13.8. The first kappa shape index (κ1) is 32.0. The van der Waals surface area contributed by atoms with Crippen molar-refractivity contribution in [3.8, 4) is 11.6 Å². The number of halogens is 4. The predicted octanol–water partition coefficient (Wildman–Crippen LogP) is 2.68. The Hall–Kier alpha value is -2.92. The summed E-state index contributed by atoms with van der Waals surface area (Å²) in [6.07, 6.45) is -2.31. The fraction of sp³-hybridized carbons (Fsp3) is 0.560. The number of aromatic nitrogens is 2. The summed E-state index contributed by atoms with van der Waals surface area (Å²) in [7, 11) is 0.0134. The highest BCUT2D eigenvalue weighted by atomic mass is 35.5. The zero-order valence-corrected chi connectivity index (χ0v) is 24.9. The number of likely N-dealkylation sites (N-methyl/N-ethyl adjacent to an activating group) is 1. The van der Waals surface area contributed by atoms with E-state index in [1.54, 1.807) is 5.01 Å². The second kappa shape index (κ2) is 13.2. The first-order chi connectivity index (χ1) is 19.7. The van der Waals surface area contributed by atoms with Crippen molar-refractivity contribution in [1.82, 2.24) is 30.6 Å². The molecular formula is C25H33ClF3N7O5S. The highest BCUT2D eigenvalue weighted by Crippen LogP contribution is 2.38. The molecule has 1 aromatic heterocycles. The van der Waals surface area contributed by atoms with Crippen LogP contribution in [-0.2, 0) is 16.0 Å². The van der Waals surface area contributed by atoms with Crippen LogP contribution in [0, 0.1) is 0 Å². The fourth-order valence-electron chi connectivity index (χ4n) is 4.65. The quantitative estimate of drug-likeness (QED) is 0.355. The van der Waals surface area contributed by atoms with Gasteiger partial charge in [-0.2, -0.15) is 18.2 Å². The van der Waals surface area contributed by atoms with Crippen molar-refractivity contribution < 1.29 is 35.9 Å². The number of piperazine rings is 1. The van der Waals surface area contributed by atoms with Crippen molar-refractivity contribution in [3.05, 3.63) is 34.5 Å². The van der Waals surface area contributed by atoms with Gasteiger partial charge in [0.05, 0.1) is 29.3 Å². The standard InChI is InChI=1S/C25H33ClF3N7O5S/c1-35-7-9-36(10-8-35)34-22(37)15-11-21(40-2)19(12-17(15)26)32-24-30-13-16(25(27,28)29)23(33-24)41-20-6-4-5-18(20)31-14-42(3,38)39/h11-13,18,20,31H,4-10,14H2,1-3H3,(H,34,37)(H,30,32,33)/t18-,20-/m1/s1. The van der Waals surface area contributed by atoms with E-state index in [9.17, 15) is 26.4 Å². The second-order valence-corrected chi connectivity index (χ2v) is 12.8. The number of carbonyl (C=O) groups excluding carboxylic acids is 1. The summed E-state index contributed by atoms with van der Waals surface area (Å²) in [5.41, 5.74) is 1.99. The molecule has 12 nitrogen and oxygen atoms in total. The molecule has 1 aliphatic heterocycles. The molecule has 0 spiro atoms. The largest absolute Gasteiger partial charge is 0.495 e. The summed E-state index contributed by atoms with van der Waals surface area (Å²) in [5.74, 6) is -1.53. The van der Waals surface area contributed by atoms with E-state index in [0.29, 0.717) is 38.5 Å². The highest BCUT2D eigenvalue weighted by Gasteiger charge is 2.39. The lowest BCUT2D eigenvalue weighted by Crippen LogP contribution is -2.52. The van der Waals surface area contributed by atoms with Crippen LogP contribution >= 0.6 is 11.6 Å². The summed E-state index contributed by atoms with van der Waals surface area (Å²) in [4.78, 5) is 22.8. The third-order valence-corrected chi connectivity index (χ3v) is 7.93. The Morgan fingerprint density at radius 2 is 1.90 bits per heavy atom. The Balaban J connectivity index is 1.55. The molecule has 1 saturated heterocycles. The normalized spacial score (nSPS) is 20.4. The number of carbonyl (C=O) groups is 1. The topological polar surface area (TPSA) is 138 Å². The molecule has 0 radical (unpaired) electrons. The van der Waals surface area contributed by atoms with Gasteiger partial charge in [0.25, 0.3) is 5.91 Å². The molecular weight excluding hydrogens is 603 g/mol. The minimum absolute atomic E-state index is 0.0686. The van der Waals surface area contributed by atoms with Crippen LogP contribution in [-0.4, -0.2) is 98.8 Å². The summed E-state index contributed by atoms with van der Waals surface area (Å²) in [6, 6.07) is 2.33. The second-order valence-electron chi connectivity index (χ2n) is 10.3. The fourth-order valence-corrected chi connectivity index (χ4v) is 5.42. The molecule has 42 heavy (non-hydrogen) atoms. The van der Waals surface area contributed by atoms with Gasteiger partial charge in [0.2, 0.25) is 11.8 Å².